The SMILES string of the molecule is CCN1CCN(C(=O)NC(C(=O)C[C@@H]2C(=O)N3C(C(=O)OCc4ccc(OC)cc4)=C(CCl)CS[C@H]23)c2cccc(C(C)(C)C)c2)C(=O)C1=O. The van der Waals surface area contributed by atoms with E-state index in [9.17, 15) is 28.8 Å². The van der Waals surface area contributed by atoms with Gasteiger partial charge in [0.1, 0.15) is 24.1 Å². The van der Waals surface area contributed by atoms with Gasteiger partial charge in [0, 0.05) is 37.7 Å². The number of Topliss-reactive ketones (excluding diaryl/α,β-unsaturated/α-hetero) is 1. The average molecular weight is 725 g/mol. The van der Waals surface area contributed by atoms with Gasteiger partial charge in [0.25, 0.3) is 0 Å². The van der Waals surface area contributed by atoms with E-state index >= 15 is 0 Å². The maximum atomic E-state index is 14.1. The molecule has 0 aromatic heterocycles. The van der Waals surface area contributed by atoms with Crippen molar-refractivity contribution >= 4 is 58.9 Å². The first kappa shape index (κ1) is 36.9. The highest BCUT2D eigenvalue weighted by Gasteiger charge is 2.54. The van der Waals surface area contributed by atoms with Crippen LogP contribution in [0.2, 0.25) is 0 Å². The van der Waals surface area contributed by atoms with Gasteiger partial charge < -0.3 is 19.7 Å². The number of ketones is 1. The Labute approximate surface area is 300 Å². The first-order chi connectivity index (χ1) is 23.8. The number of thioether (sulfide) groups is 1. The van der Waals surface area contributed by atoms with Gasteiger partial charge in [-0.2, -0.15) is 0 Å². The van der Waals surface area contributed by atoms with Crippen LogP contribution in [0.5, 0.6) is 5.75 Å². The molecule has 2 aromatic carbocycles. The van der Waals surface area contributed by atoms with Crippen molar-refractivity contribution in [2.24, 2.45) is 5.92 Å². The van der Waals surface area contributed by atoms with Crippen molar-refractivity contribution in [3.63, 3.8) is 0 Å². The molecule has 0 spiro atoms. The molecule has 0 saturated carbocycles. The molecule has 3 aliphatic heterocycles. The Kier molecular flexibility index (Phi) is 11.3. The Morgan fingerprint density at radius 1 is 1.04 bits per heavy atom. The predicted octanol–water partition coefficient (Wildman–Crippen LogP) is 4.16. The quantitative estimate of drug-likeness (QED) is 0.157. The molecule has 14 heteroatoms. The van der Waals surface area contributed by atoms with E-state index in [4.69, 9.17) is 21.1 Å². The zero-order valence-electron chi connectivity index (χ0n) is 28.7. The van der Waals surface area contributed by atoms with Crippen molar-refractivity contribution < 1.29 is 38.2 Å². The van der Waals surface area contributed by atoms with Gasteiger partial charge in [0.05, 0.1) is 18.4 Å². The van der Waals surface area contributed by atoms with E-state index < -0.39 is 52.8 Å². The molecule has 0 bridgehead atoms. The molecule has 0 radical (unpaired) electrons. The van der Waals surface area contributed by atoms with Crippen molar-refractivity contribution in [1.29, 1.82) is 0 Å². The maximum Gasteiger partial charge on any atom is 0.355 e. The molecule has 3 aliphatic rings. The lowest BCUT2D eigenvalue weighted by atomic mass is 9.83. The number of likely N-dealkylation sites (N-methyl/N-ethyl adjacent to an activating group) is 1. The van der Waals surface area contributed by atoms with Crippen LogP contribution in [0.3, 0.4) is 0 Å². The zero-order valence-corrected chi connectivity index (χ0v) is 30.3. The third kappa shape index (κ3) is 7.53. The summed E-state index contributed by atoms with van der Waals surface area (Å²) in [6.45, 7) is 8.26. The number of rotatable bonds is 11. The lowest BCUT2D eigenvalue weighted by molar-refractivity contribution is -0.156. The summed E-state index contributed by atoms with van der Waals surface area (Å²) in [4.78, 5) is 83.5. The number of β-lactam (4-membered cyclic amide) rings is 1. The average Bonchev–Trinajstić information content (AvgIpc) is 3.11. The molecule has 0 aliphatic carbocycles. The summed E-state index contributed by atoms with van der Waals surface area (Å²) in [5.74, 6) is -3.07. The smallest absolute Gasteiger partial charge is 0.355 e. The number of carbonyl (C=O) groups excluding carboxylic acids is 6. The number of urea groups is 1. The van der Waals surface area contributed by atoms with E-state index in [-0.39, 0.29) is 43.1 Å². The van der Waals surface area contributed by atoms with Crippen LogP contribution < -0.4 is 10.1 Å². The minimum Gasteiger partial charge on any atom is -0.497 e. The van der Waals surface area contributed by atoms with Gasteiger partial charge in [0.15, 0.2) is 5.78 Å². The fourth-order valence-electron chi connectivity index (χ4n) is 6.09. The molecular weight excluding hydrogens is 684 g/mol. The largest absolute Gasteiger partial charge is 0.497 e. The number of hydrogen-bond acceptors (Lipinski definition) is 9. The van der Waals surface area contributed by atoms with Crippen LogP contribution >= 0.6 is 23.4 Å². The van der Waals surface area contributed by atoms with Gasteiger partial charge in [-0.3, -0.25) is 29.0 Å². The highest BCUT2D eigenvalue weighted by molar-refractivity contribution is 8.00. The van der Waals surface area contributed by atoms with E-state index in [0.29, 0.717) is 29.2 Å². The molecule has 266 valence electrons. The predicted molar refractivity (Wildman–Crippen MR) is 187 cm³/mol. The lowest BCUT2D eigenvalue weighted by Crippen LogP contribution is -2.62. The minimum atomic E-state index is -1.21. The van der Waals surface area contributed by atoms with Crippen LogP contribution in [0.25, 0.3) is 0 Å². The van der Waals surface area contributed by atoms with Gasteiger partial charge in [0.2, 0.25) is 5.91 Å². The summed E-state index contributed by atoms with van der Waals surface area (Å²) in [5.41, 5.74) is 2.49. The number of esters is 1. The minimum absolute atomic E-state index is 0.0193. The summed E-state index contributed by atoms with van der Waals surface area (Å²) in [7, 11) is 1.55. The van der Waals surface area contributed by atoms with Crippen LogP contribution in [0, 0.1) is 5.92 Å². The molecule has 5 rings (SSSR count). The monoisotopic (exact) mass is 724 g/mol. The number of imide groups is 1. The second kappa shape index (κ2) is 15.3. The first-order valence-electron chi connectivity index (χ1n) is 16.4. The van der Waals surface area contributed by atoms with Crippen molar-refractivity contribution in [3.8, 4) is 5.75 Å². The van der Waals surface area contributed by atoms with Gasteiger partial charge in [-0.1, -0.05) is 57.2 Å². The van der Waals surface area contributed by atoms with Crippen LogP contribution in [0.4, 0.5) is 4.79 Å². The number of alkyl halides is 1. The molecule has 2 fully saturated rings. The number of amides is 5. The number of piperazine rings is 1. The molecule has 2 aromatic rings. The lowest BCUT2D eigenvalue weighted by Gasteiger charge is -2.49. The number of nitrogens with one attached hydrogen (secondary N) is 1. The molecular formula is C36H41ClN4O8S. The van der Waals surface area contributed by atoms with E-state index in [2.05, 4.69) is 5.32 Å². The molecule has 12 nitrogen and oxygen atoms in total. The topological polar surface area (TPSA) is 143 Å². The Balaban J connectivity index is 1.34. The molecule has 5 amide bonds. The Morgan fingerprint density at radius 3 is 2.40 bits per heavy atom. The molecule has 3 atom stereocenters. The van der Waals surface area contributed by atoms with Crippen LogP contribution in [-0.4, -0.2) is 94.0 Å². The van der Waals surface area contributed by atoms with E-state index in [0.717, 1.165) is 16.0 Å². The number of methoxy groups -OCH3 is 1. The fourth-order valence-corrected chi connectivity index (χ4v) is 7.84. The van der Waals surface area contributed by atoms with E-state index in [1.165, 1.54) is 21.6 Å². The number of nitrogens with zero attached hydrogens (tertiary/aromatic N) is 3. The number of benzene rings is 2. The number of hydrogen-bond donors (Lipinski definition) is 1. The maximum absolute atomic E-state index is 14.1. The molecule has 50 heavy (non-hydrogen) atoms. The van der Waals surface area contributed by atoms with Gasteiger partial charge in [-0.25, -0.2) is 9.59 Å². The Hall–Kier alpha value is -4.36. The number of halogens is 1. The normalized spacial score (nSPS) is 19.9. The van der Waals surface area contributed by atoms with Gasteiger partial charge in [-0.05, 0) is 46.7 Å². The standard InChI is InChI=1S/C36H41ClN4O8S/c1-6-39-14-15-40(32(45)31(39)44)35(47)38-28(22-8-7-9-24(16-22)36(2,3)4)27(42)17-26-30(43)41-29(23(18-37)20-50-33(26)41)34(46)49-19-21-10-12-25(48-5)13-11-21/h7-13,16,26,28,33H,6,14-15,17-20H2,1-5H3,(H,38,47)/t26-,28?,33-/m1/s1. The number of fused-ring (bicyclic) bond motifs is 1. The summed E-state index contributed by atoms with van der Waals surface area (Å²) >= 11 is 7.60. The van der Waals surface area contributed by atoms with Crippen molar-refractivity contribution in [1.82, 2.24) is 20.0 Å². The van der Waals surface area contributed by atoms with Crippen molar-refractivity contribution in [2.45, 2.75) is 57.6 Å². The fraction of sp³-hybridized carbons (Fsp3) is 0.444. The Bertz CT molecular complexity index is 1720. The summed E-state index contributed by atoms with van der Waals surface area (Å²) in [6, 6.07) is 12.2. The van der Waals surface area contributed by atoms with Crippen LogP contribution in [0.15, 0.2) is 59.8 Å². The van der Waals surface area contributed by atoms with Crippen LogP contribution in [-0.2, 0) is 40.7 Å². The second-order valence-electron chi connectivity index (χ2n) is 13.3. The van der Waals surface area contributed by atoms with Gasteiger partial charge in [-0.15, -0.1) is 23.4 Å². The molecule has 2 saturated heterocycles. The van der Waals surface area contributed by atoms with E-state index in [1.807, 2.05) is 32.9 Å². The Morgan fingerprint density at radius 2 is 1.76 bits per heavy atom. The van der Waals surface area contributed by atoms with E-state index in [1.54, 1.807) is 50.4 Å². The molecule has 3 heterocycles. The second-order valence-corrected chi connectivity index (χ2v) is 14.7. The highest BCUT2D eigenvalue weighted by atomic mass is 35.5. The van der Waals surface area contributed by atoms with Crippen LogP contribution in [0.1, 0.15) is 56.8 Å². The summed E-state index contributed by atoms with van der Waals surface area (Å²) in [5, 5.41) is 2.17. The van der Waals surface area contributed by atoms with Gasteiger partial charge >= 0.3 is 23.8 Å². The number of carbonyl (C=O) groups is 6. The molecule has 1 unspecified atom stereocenters. The highest BCUT2D eigenvalue weighted by Crippen LogP contribution is 2.46. The first-order valence-corrected chi connectivity index (χ1v) is 17.9. The van der Waals surface area contributed by atoms with Crippen molar-refractivity contribution in [2.75, 3.05) is 38.4 Å². The summed E-state index contributed by atoms with van der Waals surface area (Å²) in [6.07, 6.45) is -0.238. The third-order valence-corrected chi connectivity index (χ3v) is 10.8. The third-order valence-electron chi connectivity index (χ3n) is 9.07. The van der Waals surface area contributed by atoms with Crippen molar-refractivity contribution in [3.05, 3.63) is 76.5 Å². The zero-order chi connectivity index (χ0) is 36.3. The molecule has 1 N–H and O–H groups in total. The number of ether oxygens (including phenoxy) is 2. The summed E-state index contributed by atoms with van der Waals surface area (Å²) < 4.78 is 10.8.